The number of carbonyl (C=O) groups excluding carboxylic acids is 1. The van der Waals surface area contributed by atoms with Gasteiger partial charge < -0.3 is 5.32 Å². The van der Waals surface area contributed by atoms with Gasteiger partial charge in [-0.3, -0.25) is 9.48 Å². The van der Waals surface area contributed by atoms with Crippen LogP contribution in [0, 0.1) is 13.8 Å². The molecule has 20 heavy (non-hydrogen) atoms. The van der Waals surface area contributed by atoms with Crippen LogP contribution in [0.5, 0.6) is 0 Å². The number of rotatable bonds is 5. The van der Waals surface area contributed by atoms with Crippen molar-refractivity contribution in [2.45, 2.75) is 33.7 Å². The van der Waals surface area contributed by atoms with Crippen molar-refractivity contribution < 1.29 is 4.79 Å². The second kappa shape index (κ2) is 5.90. The van der Waals surface area contributed by atoms with Gasteiger partial charge in [-0.25, -0.2) is 0 Å². The molecule has 0 saturated carbocycles. The minimum Gasteiger partial charge on any atom is -0.381 e. The first-order chi connectivity index (χ1) is 9.52. The van der Waals surface area contributed by atoms with E-state index in [1.165, 1.54) is 11.3 Å². The number of Topliss-reactive ketones (excluding diaryl/α,β-unsaturated/α-hetero) is 1. The Bertz CT molecular complexity index is 611. The van der Waals surface area contributed by atoms with E-state index in [9.17, 15) is 4.79 Å². The summed E-state index contributed by atoms with van der Waals surface area (Å²) in [5.41, 5.74) is 5.23. The molecule has 0 atom stereocenters. The monoisotopic (exact) mass is 271 g/mol. The van der Waals surface area contributed by atoms with Crippen molar-refractivity contribution in [2.75, 3.05) is 5.32 Å². The zero-order chi connectivity index (χ0) is 14.7. The van der Waals surface area contributed by atoms with Crippen LogP contribution < -0.4 is 5.32 Å². The summed E-state index contributed by atoms with van der Waals surface area (Å²) in [4.78, 5) is 11.6. The molecule has 1 N–H and O–H groups in total. The molecule has 1 aromatic heterocycles. The number of hydrogen-bond donors (Lipinski definition) is 1. The van der Waals surface area contributed by atoms with Crippen molar-refractivity contribution in [3.63, 3.8) is 0 Å². The molecule has 0 aliphatic carbocycles. The predicted molar refractivity (Wildman–Crippen MR) is 81.1 cm³/mol. The van der Waals surface area contributed by atoms with Gasteiger partial charge in [0.1, 0.15) is 0 Å². The van der Waals surface area contributed by atoms with E-state index in [0.29, 0.717) is 6.42 Å². The number of nitrogens with one attached hydrogen (secondary N) is 1. The molecule has 0 spiro atoms. The zero-order valence-corrected chi connectivity index (χ0v) is 12.5. The molecule has 0 radical (unpaired) electrons. The fraction of sp³-hybridized carbons (Fsp3) is 0.375. The Morgan fingerprint density at radius 1 is 1.25 bits per heavy atom. The summed E-state index contributed by atoms with van der Waals surface area (Å²) in [6.45, 7) is 6.71. The summed E-state index contributed by atoms with van der Waals surface area (Å²) in [6, 6.07) is 7.64. The molecule has 106 valence electrons. The predicted octanol–water partition coefficient (Wildman–Crippen LogP) is 3.24. The highest BCUT2D eigenvalue weighted by molar-refractivity contribution is 5.96. The second-order valence-electron chi connectivity index (χ2n) is 4.98. The van der Waals surface area contributed by atoms with Gasteiger partial charge in [-0.05, 0) is 38.1 Å². The number of aromatic nitrogens is 2. The van der Waals surface area contributed by atoms with Crippen molar-refractivity contribution in [3.05, 3.63) is 46.8 Å². The standard InChI is InChI=1S/C16H21N3O/c1-5-16(20)13-6-8-14(9-7-13)17-10-15-11(2)18-19(4)12(15)3/h6-9,17H,5,10H2,1-4H3. The molecule has 0 saturated heterocycles. The molecule has 2 rings (SSSR count). The molecule has 0 amide bonds. The van der Waals surface area contributed by atoms with Crippen LogP contribution in [0.15, 0.2) is 24.3 Å². The molecule has 4 heteroatoms. The first-order valence-corrected chi connectivity index (χ1v) is 6.89. The van der Waals surface area contributed by atoms with Gasteiger partial charge in [0.2, 0.25) is 0 Å². The highest BCUT2D eigenvalue weighted by Crippen LogP contribution is 2.16. The molecular formula is C16H21N3O. The van der Waals surface area contributed by atoms with Crippen LogP contribution in [0.1, 0.15) is 40.7 Å². The highest BCUT2D eigenvalue weighted by Gasteiger charge is 2.09. The van der Waals surface area contributed by atoms with E-state index in [1.54, 1.807) is 0 Å². The largest absolute Gasteiger partial charge is 0.381 e. The van der Waals surface area contributed by atoms with Crippen LogP contribution in [0.25, 0.3) is 0 Å². The van der Waals surface area contributed by atoms with Crippen LogP contribution >= 0.6 is 0 Å². The maximum atomic E-state index is 11.6. The lowest BCUT2D eigenvalue weighted by atomic mass is 10.1. The molecular weight excluding hydrogens is 250 g/mol. The maximum Gasteiger partial charge on any atom is 0.162 e. The molecule has 0 bridgehead atoms. The van der Waals surface area contributed by atoms with Crippen molar-refractivity contribution in [2.24, 2.45) is 7.05 Å². The lowest BCUT2D eigenvalue weighted by Gasteiger charge is -2.08. The van der Waals surface area contributed by atoms with E-state index in [0.717, 1.165) is 23.5 Å². The van der Waals surface area contributed by atoms with Crippen LogP contribution in [-0.2, 0) is 13.6 Å². The van der Waals surface area contributed by atoms with Gasteiger partial charge in [-0.15, -0.1) is 0 Å². The van der Waals surface area contributed by atoms with Crippen LogP contribution in [0.2, 0.25) is 0 Å². The van der Waals surface area contributed by atoms with Crippen LogP contribution in [0.3, 0.4) is 0 Å². The number of benzene rings is 1. The summed E-state index contributed by atoms with van der Waals surface area (Å²) in [6.07, 6.45) is 0.543. The Morgan fingerprint density at radius 3 is 2.40 bits per heavy atom. The quantitative estimate of drug-likeness (QED) is 0.849. The highest BCUT2D eigenvalue weighted by atomic mass is 16.1. The third-order valence-corrected chi connectivity index (χ3v) is 3.66. The van der Waals surface area contributed by atoms with Crippen molar-refractivity contribution >= 4 is 11.5 Å². The average molecular weight is 271 g/mol. The Balaban J connectivity index is 2.06. The van der Waals surface area contributed by atoms with E-state index in [2.05, 4.69) is 17.3 Å². The Labute approximate surface area is 119 Å². The van der Waals surface area contributed by atoms with Crippen molar-refractivity contribution in [1.29, 1.82) is 0 Å². The zero-order valence-electron chi connectivity index (χ0n) is 12.5. The molecule has 0 fully saturated rings. The number of ketones is 1. The third-order valence-electron chi connectivity index (χ3n) is 3.66. The van der Waals surface area contributed by atoms with Crippen molar-refractivity contribution in [3.8, 4) is 0 Å². The SMILES string of the molecule is CCC(=O)c1ccc(NCc2c(C)nn(C)c2C)cc1. The Hall–Kier alpha value is -2.10. The van der Waals surface area contributed by atoms with Gasteiger partial charge in [0.05, 0.1) is 5.69 Å². The smallest absolute Gasteiger partial charge is 0.162 e. The number of aryl methyl sites for hydroxylation is 2. The number of anilines is 1. The first kappa shape index (κ1) is 14.3. The van der Waals surface area contributed by atoms with Gasteiger partial charge in [-0.1, -0.05) is 6.92 Å². The van der Waals surface area contributed by atoms with E-state index in [-0.39, 0.29) is 5.78 Å². The van der Waals surface area contributed by atoms with Crippen LogP contribution in [0.4, 0.5) is 5.69 Å². The normalized spacial score (nSPS) is 10.6. The molecule has 4 nitrogen and oxygen atoms in total. The minimum absolute atomic E-state index is 0.176. The number of nitrogens with zero attached hydrogens (tertiary/aromatic N) is 2. The summed E-state index contributed by atoms with van der Waals surface area (Å²) in [5, 5.41) is 7.78. The molecule has 1 aromatic carbocycles. The van der Waals surface area contributed by atoms with E-state index >= 15 is 0 Å². The molecule has 1 heterocycles. The summed E-state index contributed by atoms with van der Waals surface area (Å²) >= 11 is 0. The second-order valence-corrected chi connectivity index (χ2v) is 4.98. The van der Waals surface area contributed by atoms with Crippen molar-refractivity contribution in [1.82, 2.24) is 9.78 Å². The number of hydrogen-bond acceptors (Lipinski definition) is 3. The first-order valence-electron chi connectivity index (χ1n) is 6.89. The van der Waals surface area contributed by atoms with E-state index in [1.807, 2.05) is 49.8 Å². The summed E-state index contributed by atoms with van der Waals surface area (Å²) in [5.74, 6) is 0.176. The fourth-order valence-electron chi connectivity index (χ4n) is 2.24. The third kappa shape index (κ3) is 2.90. The molecule has 2 aromatic rings. The summed E-state index contributed by atoms with van der Waals surface area (Å²) in [7, 11) is 1.96. The van der Waals surface area contributed by atoms with Gasteiger partial charge in [0.25, 0.3) is 0 Å². The molecule has 0 unspecified atom stereocenters. The Morgan fingerprint density at radius 2 is 1.90 bits per heavy atom. The van der Waals surface area contributed by atoms with Gasteiger partial charge in [0.15, 0.2) is 5.78 Å². The topological polar surface area (TPSA) is 46.9 Å². The molecule has 0 aliphatic heterocycles. The van der Waals surface area contributed by atoms with E-state index in [4.69, 9.17) is 0 Å². The average Bonchev–Trinajstić information content (AvgIpc) is 2.70. The van der Waals surface area contributed by atoms with Gasteiger partial charge >= 0.3 is 0 Å². The van der Waals surface area contributed by atoms with Gasteiger partial charge in [0, 0.05) is 42.5 Å². The van der Waals surface area contributed by atoms with E-state index < -0.39 is 0 Å². The lowest BCUT2D eigenvalue weighted by molar-refractivity contribution is 0.0988. The minimum atomic E-state index is 0.176. The van der Waals surface area contributed by atoms with Crippen LogP contribution in [-0.4, -0.2) is 15.6 Å². The fourth-order valence-corrected chi connectivity index (χ4v) is 2.24. The molecule has 0 aliphatic rings. The van der Waals surface area contributed by atoms with Gasteiger partial charge in [-0.2, -0.15) is 5.10 Å². The lowest BCUT2D eigenvalue weighted by Crippen LogP contribution is -2.03. The number of carbonyl (C=O) groups is 1. The maximum absolute atomic E-state index is 11.6. The Kier molecular flexibility index (Phi) is 4.23. The summed E-state index contributed by atoms with van der Waals surface area (Å²) < 4.78 is 1.90.